The smallest absolute Gasteiger partial charge is 0.193 e. The summed E-state index contributed by atoms with van der Waals surface area (Å²) in [5.41, 5.74) is 8.25. The van der Waals surface area contributed by atoms with Gasteiger partial charge in [0.2, 0.25) is 0 Å². The number of aryl methyl sites for hydroxylation is 1. The monoisotopic (exact) mass is 459 g/mol. The second-order valence-corrected chi connectivity index (χ2v) is 6.63. The Bertz CT molecular complexity index is 484. The summed E-state index contributed by atoms with van der Waals surface area (Å²) in [4.78, 5) is 4.39. The molecule has 0 amide bonds. The molecule has 1 aromatic rings. The van der Waals surface area contributed by atoms with Gasteiger partial charge in [-0.05, 0) is 56.2 Å². The molecule has 0 aliphatic heterocycles. The minimum absolute atomic E-state index is 0. The lowest BCUT2D eigenvalue weighted by Gasteiger charge is -2.21. The number of anilines is 1. The van der Waals surface area contributed by atoms with E-state index in [1.54, 1.807) is 0 Å². The molecule has 0 unspecified atom stereocenters. The van der Waals surface area contributed by atoms with Crippen LogP contribution in [0.15, 0.2) is 29.3 Å². The number of benzene rings is 1. The van der Waals surface area contributed by atoms with E-state index in [2.05, 4.69) is 29.4 Å². The summed E-state index contributed by atoms with van der Waals surface area (Å²) in [5, 5.41) is 3.14. The quantitative estimate of drug-likeness (QED) is 0.234. The summed E-state index contributed by atoms with van der Waals surface area (Å²) < 4.78 is 5.94. The fourth-order valence-electron chi connectivity index (χ4n) is 3.08. The zero-order valence-electron chi connectivity index (χ0n) is 15.5. The summed E-state index contributed by atoms with van der Waals surface area (Å²) >= 11 is 0. The molecule has 0 aromatic heterocycles. The molecule has 4 nitrogen and oxygen atoms in total. The molecule has 0 spiro atoms. The summed E-state index contributed by atoms with van der Waals surface area (Å²) in [6.45, 7) is 3.82. The van der Waals surface area contributed by atoms with Gasteiger partial charge in [-0.3, -0.25) is 4.99 Å². The summed E-state index contributed by atoms with van der Waals surface area (Å²) in [5.74, 6) is 0.498. The minimum atomic E-state index is 0. The van der Waals surface area contributed by atoms with Gasteiger partial charge in [-0.2, -0.15) is 0 Å². The third kappa shape index (κ3) is 9.45. The number of aliphatic imine (C=N–C) groups is 1. The van der Waals surface area contributed by atoms with E-state index in [9.17, 15) is 0 Å². The van der Waals surface area contributed by atoms with E-state index in [0.29, 0.717) is 12.1 Å². The predicted molar refractivity (Wildman–Crippen MR) is 118 cm³/mol. The van der Waals surface area contributed by atoms with Crippen LogP contribution in [-0.2, 0) is 11.2 Å². The Balaban J connectivity index is 0.00000312. The van der Waals surface area contributed by atoms with Crippen LogP contribution in [0.5, 0.6) is 0 Å². The highest BCUT2D eigenvalue weighted by Gasteiger charge is 2.12. The fourth-order valence-corrected chi connectivity index (χ4v) is 3.08. The number of nitrogens with one attached hydrogen (secondary N) is 1. The third-order valence-corrected chi connectivity index (χ3v) is 4.62. The Morgan fingerprint density at radius 1 is 1.12 bits per heavy atom. The maximum absolute atomic E-state index is 5.94. The number of nitrogens with two attached hydrogens (primary N) is 1. The van der Waals surface area contributed by atoms with Crippen molar-refractivity contribution in [2.75, 3.05) is 18.5 Å². The van der Waals surface area contributed by atoms with Gasteiger partial charge in [0.1, 0.15) is 0 Å². The Labute approximate surface area is 170 Å². The van der Waals surface area contributed by atoms with Crippen LogP contribution >= 0.6 is 24.0 Å². The molecule has 0 heterocycles. The van der Waals surface area contributed by atoms with Crippen molar-refractivity contribution in [3.63, 3.8) is 0 Å². The van der Waals surface area contributed by atoms with Gasteiger partial charge in [-0.15, -0.1) is 24.0 Å². The summed E-state index contributed by atoms with van der Waals surface area (Å²) in [6.07, 6.45) is 11.5. The average Bonchev–Trinajstić information content (AvgIpc) is 2.62. The zero-order valence-corrected chi connectivity index (χ0v) is 17.8. The number of hydrogen-bond donors (Lipinski definition) is 2. The maximum Gasteiger partial charge on any atom is 0.193 e. The van der Waals surface area contributed by atoms with Crippen LogP contribution in [0.1, 0.15) is 63.9 Å². The number of unbranched alkanes of at least 4 members (excludes halogenated alkanes) is 2. The second-order valence-electron chi connectivity index (χ2n) is 6.63. The molecular formula is C20H34IN3O. The first-order valence-electron chi connectivity index (χ1n) is 9.55. The minimum Gasteiger partial charge on any atom is -0.378 e. The van der Waals surface area contributed by atoms with Crippen LogP contribution in [0.3, 0.4) is 0 Å². The number of guanidine groups is 1. The molecule has 1 saturated carbocycles. The predicted octanol–water partition coefficient (Wildman–Crippen LogP) is 5.11. The second kappa shape index (κ2) is 13.4. The molecule has 1 aromatic carbocycles. The molecule has 3 N–H and O–H groups in total. The largest absolute Gasteiger partial charge is 0.378 e. The van der Waals surface area contributed by atoms with Crippen molar-refractivity contribution in [2.24, 2.45) is 10.7 Å². The van der Waals surface area contributed by atoms with Crippen molar-refractivity contribution in [3.05, 3.63) is 29.8 Å². The van der Waals surface area contributed by atoms with Crippen LogP contribution in [0.4, 0.5) is 5.69 Å². The van der Waals surface area contributed by atoms with Crippen LogP contribution in [-0.4, -0.2) is 25.2 Å². The molecule has 1 aliphatic carbocycles. The van der Waals surface area contributed by atoms with Gasteiger partial charge in [0, 0.05) is 18.8 Å². The molecule has 0 atom stereocenters. The van der Waals surface area contributed by atoms with Crippen LogP contribution in [0.2, 0.25) is 0 Å². The van der Waals surface area contributed by atoms with Crippen molar-refractivity contribution in [1.82, 2.24) is 0 Å². The topological polar surface area (TPSA) is 59.6 Å². The van der Waals surface area contributed by atoms with E-state index in [0.717, 1.165) is 44.5 Å². The average molecular weight is 459 g/mol. The Kier molecular flexibility index (Phi) is 11.9. The lowest BCUT2D eigenvalue weighted by molar-refractivity contribution is 0.0264. The van der Waals surface area contributed by atoms with Crippen molar-refractivity contribution in [1.29, 1.82) is 0 Å². The van der Waals surface area contributed by atoms with Gasteiger partial charge in [-0.25, -0.2) is 0 Å². The van der Waals surface area contributed by atoms with Crippen LogP contribution < -0.4 is 11.1 Å². The standard InChI is InChI=1S/C20H33N3O.HI/c1-2-17-11-13-18(14-12-17)23-20(21)22-15-7-4-8-16-24-19-9-5-3-6-10-19;/h11-14,19H,2-10,15-16H2,1H3,(H3,21,22,23);1H. The van der Waals surface area contributed by atoms with Gasteiger partial charge in [0.25, 0.3) is 0 Å². The van der Waals surface area contributed by atoms with Gasteiger partial charge >= 0.3 is 0 Å². The molecule has 142 valence electrons. The van der Waals surface area contributed by atoms with Crippen LogP contribution in [0, 0.1) is 0 Å². The van der Waals surface area contributed by atoms with Crippen molar-refractivity contribution < 1.29 is 4.74 Å². The number of nitrogens with zero attached hydrogens (tertiary/aromatic N) is 1. The zero-order chi connectivity index (χ0) is 17.0. The summed E-state index contributed by atoms with van der Waals surface area (Å²) in [6, 6.07) is 8.32. The number of ether oxygens (including phenoxy) is 1. The SMILES string of the molecule is CCc1ccc(NC(N)=NCCCCCOC2CCCCC2)cc1.I. The molecule has 0 saturated heterocycles. The van der Waals surface area contributed by atoms with E-state index >= 15 is 0 Å². The Hall–Kier alpha value is -0.820. The van der Waals surface area contributed by atoms with Gasteiger partial charge in [-0.1, -0.05) is 38.3 Å². The Morgan fingerprint density at radius 3 is 2.52 bits per heavy atom. The highest BCUT2D eigenvalue weighted by Crippen LogP contribution is 2.20. The summed E-state index contributed by atoms with van der Waals surface area (Å²) in [7, 11) is 0. The maximum atomic E-state index is 5.94. The molecule has 2 rings (SSSR count). The van der Waals surface area contributed by atoms with Gasteiger partial charge in [0.15, 0.2) is 5.96 Å². The van der Waals surface area contributed by atoms with Gasteiger partial charge in [0.05, 0.1) is 6.10 Å². The highest BCUT2D eigenvalue weighted by atomic mass is 127. The van der Waals surface area contributed by atoms with Crippen LogP contribution in [0.25, 0.3) is 0 Å². The van der Waals surface area contributed by atoms with Crippen molar-refractivity contribution in [2.45, 2.75) is 70.8 Å². The van der Waals surface area contributed by atoms with Crippen molar-refractivity contribution >= 4 is 35.6 Å². The molecule has 0 bridgehead atoms. The Morgan fingerprint density at radius 2 is 1.84 bits per heavy atom. The normalized spacial score (nSPS) is 15.6. The number of hydrogen-bond acceptors (Lipinski definition) is 2. The van der Waals surface area contributed by atoms with Crippen molar-refractivity contribution in [3.8, 4) is 0 Å². The molecule has 25 heavy (non-hydrogen) atoms. The number of rotatable bonds is 9. The molecule has 1 fully saturated rings. The van der Waals surface area contributed by atoms with E-state index in [4.69, 9.17) is 10.5 Å². The molecule has 5 heteroatoms. The first-order valence-corrected chi connectivity index (χ1v) is 9.55. The van der Waals surface area contributed by atoms with E-state index in [1.807, 2.05) is 12.1 Å². The van der Waals surface area contributed by atoms with E-state index < -0.39 is 0 Å². The number of halogens is 1. The van der Waals surface area contributed by atoms with E-state index in [1.165, 1.54) is 37.7 Å². The van der Waals surface area contributed by atoms with E-state index in [-0.39, 0.29) is 24.0 Å². The highest BCUT2D eigenvalue weighted by molar-refractivity contribution is 14.0. The lowest BCUT2D eigenvalue weighted by Crippen LogP contribution is -2.22. The third-order valence-electron chi connectivity index (χ3n) is 4.62. The molecule has 0 radical (unpaired) electrons. The lowest BCUT2D eigenvalue weighted by atomic mass is 9.98. The first-order chi connectivity index (χ1) is 11.8. The fraction of sp³-hybridized carbons (Fsp3) is 0.650. The molecule has 1 aliphatic rings. The molecular weight excluding hydrogens is 425 g/mol. The first kappa shape index (κ1) is 22.2. The van der Waals surface area contributed by atoms with Gasteiger partial charge < -0.3 is 15.8 Å².